The number of nitrogens with two attached hydrogens (primary N) is 1. The topological polar surface area (TPSA) is 35.2 Å². The fourth-order valence-electron chi connectivity index (χ4n) is 2.11. The van der Waals surface area contributed by atoms with E-state index in [-0.39, 0.29) is 18.0 Å². The van der Waals surface area contributed by atoms with E-state index in [0.717, 1.165) is 27.8 Å². The Hall–Kier alpha value is -1.39. The van der Waals surface area contributed by atoms with Crippen molar-refractivity contribution in [2.75, 3.05) is 0 Å². The molecule has 0 saturated heterocycles. The third kappa shape index (κ3) is 4.05. The number of hydrogen-bond donors (Lipinski definition) is 1. The van der Waals surface area contributed by atoms with Crippen LogP contribution >= 0.6 is 15.9 Å². The molecule has 0 aliphatic heterocycles. The van der Waals surface area contributed by atoms with Crippen molar-refractivity contribution in [1.82, 2.24) is 0 Å². The maximum absolute atomic E-state index is 13.1. The summed E-state index contributed by atoms with van der Waals surface area (Å²) in [7, 11) is 0. The molecule has 0 heterocycles. The summed E-state index contributed by atoms with van der Waals surface area (Å²) in [4.78, 5) is 0. The maximum atomic E-state index is 13.1. The number of halogens is 2. The summed E-state index contributed by atoms with van der Waals surface area (Å²) in [6.45, 7) is 4.00. The molecular formula is C17H19BrFNO. The first-order valence-electron chi connectivity index (χ1n) is 6.95. The molecule has 2 N–H and O–H groups in total. The number of aryl methyl sites for hydroxylation is 1. The Balaban J connectivity index is 2.32. The predicted octanol–water partition coefficient (Wildman–Crippen LogP) is 4.75. The first kappa shape index (κ1) is 16.0. The van der Waals surface area contributed by atoms with Crippen LogP contribution in [-0.2, 0) is 0 Å². The molecule has 0 saturated carbocycles. The van der Waals surface area contributed by atoms with E-state index in [1.54, 1.807) is 12.1 Å². The van der Waals surface area contributed by atoms with Gasteiger partial charge < -0.3 is 10.5 Å². The molecule has 2 rings (SSSR count). The molecule has 4 heteroatoms. The molecule has 0 aromatic heterocycles. The Morgan fingerprint density at radius 3 is 2.48 bits per heavy atom. The molecular weight excluding hydrogens is 333 g/mol. The van der Waals surface area contributed by atoms with E-state index in [2.05, 4.69) is 15.9 Å². The van der Waals surface area contributed by atoms with Crippen molar-refractivity contribution in [3.63, 3.8) is 0 Å². The van der Waals surface area contributed by atoms with Crippen LogP contribution in [0.25, 0.3) is 0 Å². The first-order chi connectivity index (χ1) is 10.0. The molecule has 2 unspecified atom stereocenters. The van der Waals surface area contributed by atoms with Crippen LogP contribution in [0.15, 0.2) is 46.9 Å². The zero-order valence-corrected chi connectivity index (χ0v) is 13.7. The van der Waals surface area contributed by atoms with Crippen LogP contribution in [0.2, 0.25) is 0 Å². The summed E-state index contributed by atoms with van der Waals surface area (Å²) in [5.74, 6) is 0.517. The highest BCUT2D eigenvalue weighted by Gasteiger charge is 2.21. The van der Waals surface area contributed by atoms with Gasteiger partial charge in [0.25, 0.3) is 0 Å². The van der Waals surface area contributed by atoms with Gasteiger partial charge in [-0.2, -0.15) is 0 Å². The zero-order chi connectivity index (χ0) is 15.4. The van der Waals surface area contributed by atoms with Crippen LogP contribution in [-0.4, -0.2) is 6.04 Å². The monoisotopic (exact) mass is 351 g/mol. The number of rotatable bonds is 5. The summed E-state index contributed by atoms with van der Waals surface area (Å²) in [5, 5.41) is 0. The summed E-state index contributed by atoms with van der Waals surface area (Å²) < 4.78 is 20.2. The van der Waals surface area contributed by atoms with E-state index in [4.69, 9.17) is 10.5 Å². The molecule has 0 amide bonds. The Kier molecular flexibility index (Phi) is 5.37. The van der Waals surface area contributed by atoms with Crippen LogP contribution < -0.4 is 10.5 Å². The highest BCUT2D eigenvalue weighted by atomic mass is 79.9. The van der Waals surface area contributed by atoms with E-state index >= 15 is 0 Å². The normalized spacial score (nSPS) is 13.8. The van der Waals surface area contributed by atoms with Crippen molar-refractivity contribution in [2.24, 2.45) is 5.73 Å². The molecule has 0 aliphatic rings. The second-order valence-electron chi connectivity index (χ2n) is 5.07. The minimum Gasteiger partial charge on any atom is -0.484 e. The molecule has 21 heavy (non-hydrogen) atoms. The van der Waals surface area contributed by atoms with E-state index < -0.39 is 0 Å². The van der Waals surface area contributed by atoms with Gasteiger partial charge in [0.15, 0.2) is 0 Å². The van der Waals surface area contributed by atoms with Crippen molar-refractivity contribution in [3.05, 3.63) is 63.9 Å². The molecule has 112 valence electrons. The van der Waals surface area contributed by atoms with Crippen LogP contribution in [0.1, 0.15) is 30.6 Å². The minimum atomic E-state index is -0.302. The number of benzene rings is 2. The lowest BCUT2D eigenvalue weighted by Crippen LogP contribution is -2.31. The van der Waals surface area contributed by atoms with Gasteiger partial charge in [-0.15, -0.1) is 0 Å². The predicted molar refractivity (Wildman–Crippen MR) is 86.9 cm³/mol. The summed E-state index contributed by atoms with van der Waals surface area (Å²) in [6, 6.07) is 12.0. The molecule has 2 nitrogen and oxygen atoms in total. The van der Waals surface area contributed by atoms with Crippen molar-refractivity contribution >= 4 is 15.9 Å². The van der Waals surface area contributed by atoms with Gasteiger partial charge >= 0.3 is 0 Å². The molecule has 0 bridgehead atoms. The Morgan fingerprint density at radius 1 is 1.19 bits per heavy atom. The standard InChI is InChI=1S/C17H19BrFNO/c1-3-15(20)17(12-5-8-14(19)9-6-12)21-16-10-13(18)7-4-11(16)2/h4-10,15,17H,3,20H2,1-2H3. The Bertz CT molecular complexity index is 600. The van der Waals surface area contributed by atoms with Crippen LogP contribution in [0.3, 0.4) is 0 Å². The van der Waals surface area contributed by atoms with Gasteiger partial charge in [0.2, 0.25) is 0 Å². The zero-order valence-electron chi connectivity index (χ0n) is 12.1. The summed E-state index contributed by atoms with van der Waals surface area (Å²) in [5.41, 5.74) is 8.11. The van der Waals surface area contributed by atoms with Crippen molar-refractivity contribution in [3.8, 4) is 5.75 Å². The van der Waals surface area contributed by atoms with Gasteiger partial charge in [-0.05, 0) is 48.7 Å². The number of ether oxygens (including phenoxy) is 1. The van der Waals surface area contributed by atoms with Gasteiger partial charge in [0.1, 0.15) is 17.7 Å². The molecule has 2 aromatic rings. The quantitative estimate of drug-likeness (QED) is 0.843. The van der Waals surface area contributed by atoms with Gasteiger partial charge in [0.05, 0.1) is 0 Å². The molecule has 0 fully saturated rings. The molecule has 0 aliphatic carbocycles. The average molecular weight is 352 g/mol. The van der Waals surface area contributed by atoms with E-state index in [1.807, 2.05) is 32.0 Å². The third-order valence-corrected chi connectivity index (χ3v) is 3.96. The van der Waals surface area contributed by atoms with E-state index in [9.17, 15) is 4.39 Å². The van der Waals surface area contributed by atoms with Crippen LogP contribution in [0, 0.1) is 12.7 Å². The largest absolute Gasteiger partial charge is 0.484 e. The summed E-state index contributed by atoms with van der Waals surface area (Å²) in [6.07, 6.45) is 0.471. The lowest BCUT2D eigenvalue weighted by Gasteiger charge is -2.25. The fraction of sp³-hybridized carbons (Fsp3) is 0.294. The molecule has 0 radical (unpaired) electrons. The highest BCUT2D eigenvalue weighted by molar-refractivity contribution is 9.10. The van der Waals surface area contributed by atoms with Crippen LogP contribution in [0.4, 0.5) is 4.39 Å². The van der Waals surface area contributed by atoms with Gasteiger partial charge in [-0.1, -0.05) is 41.1 Å². The van der Waals surface area contributed by atoms with Gasteiger partial charge in [-0.3, -0.25) is 0 Å². The molecule has 2 atom stereocenters. The second-order valence-corrected chi connectivity index (χ2v) is 5.99. The Labute approximate surface area is 133 Å². The van der Waals surface area contributed by atoms with Crippen LogP contribution in [0.5, 0.6) is 5.75 Å². The average Bonchev–Trinajstić information content (AvgIpc) is 2.48. The lowest BCUT2D eigenvalue weighted by molar-refractivity contribution is 0.169. The highest BCUT2D eigenvalue weighted by Crippen LogP contribution is 2.30. The van der Waals surface area contributed by atoms with Gasteiger partial charge in [-0.25, -0.2) is 4.39 Å². The lowest BCUT2D eigenvalue weighted by atomic mass is 10.0. The number of hydrogen-bond acceptors (Lipinski definition) is 2. The molecule has 0 spiro atoms. The minimum absolute atomic E-state index is 0.158. The van der Waals surface area contributed by atoms with Crippen molar-refractivity contribution in [1.29, 1.82) is 0 Å². The Morgan fingerprint density at radius 2 is 1.86 bits per heavy atom. The SMILES string of the molecule is CCC(N)C(Oc1cc(Br)ccc1C)c1ccc(F)cc1. The third-order valence-electron chi connectivity index (χ3n) is 3.46. The van der Waals surface area contributed by atoms with Gasteiger partial charge in [0, 0.05) is 10.5 Å². The van der Waals surface area contributed by atoms with E-state index in [0.29, 0.717) is 0 Å². The first-order valence-corrected chi connectivity index (χ1v) is 7.74. The smallest absolute Gasteiger partial charge is 0.139 e. The van der Waals surface area contributed by atoms with E-state index in [1.165, 1.54) is 12.1 Å². The maximum Gasteiger partial charge on any atom is 0.139 e. The van der Waals surface area contributed by atoms with Crippen molar-refractivity contribution < 1.29 is 9.13 Å². The van der Waals surface area contributed by atoms with Crippen molar-refractivity contribution in [2.45, 2.75) is 32.4 Å². The fourth-order valence-corrected chi connectivity index (χ4v) is 2.45. The summed E-state index contributed by atoms with van der Waals surface area (Å²) >= 11 is 3.45. The molecule has 2 aromatic carbocycles. The second kappa shape index (κ2) is 7.05.